The number of amides is 2. The van der Waals surface area contributed by atoms with Crippen molar-refractivity contribution < 1.29 is 19.6 Å². The number of aliphatic hydroxyl groups is 1. The van der Waals surface area contributed by atoms with Gasteiger partial charge in [0.15, 0.2) is 0 Å². The fourth-order valence-corrected chi connectivity index (χ4v) is 1.55. The first kappa shape index (κ1) is 15.6. The van der Waals surface area contributed by atoms with Gasteiger partial charge < -0.3 is 15.3 Å². The minimum absolute atomic E-state index is 0.0533. The number of rotatable bonds is 5. The summed E-state index contributed by atoms with van der Waals surface area (Å²) in [6, 6.07) is 5.29. The molecule has 2 amide bonds. The van der Waals surface area contributed by atoms with Crippen molar-refractivity contribution in [2.24, 2.45) is 0 Å². The molecule has 0 aliphatic heterocycles. The van der Waals surface area contributed by atoms with Crippen LogP contribution >= 0.6 is 0 Å². The lowest BCUT2D eigenvalue weighted by Gasteiger charge is -2.18. The molecule has 0 aliphatic rings. The maximum atomic E-state index is 11.8. The first-order valence-corrected chi connectivity index (χ1v) is 5.95. The summed E-state index contributed by atoms with van der Waals surface area (Å²) in [6.07, 6.45) is 0. The smallest absolute Gasteiger partial charge is 0.313 e. The molecule has 2 N–H and O–H groups in total. The van der Waals surface area contributed by atoms with Gasteiger partial charge in [-0.3, -0.25) is 19.7 Å². The molecule has 8 nitrogen and oxygen atoms in total. The van der Waals surface area contributed by atoms with E-state index in [4.69, 9.17) is 5.11 Å². The molecule has 0 radical (unpaired) electrons. The Hall–Kier alpha value is -2.48. The summed E-state index contributed by atoms with van der Waals surface area (Å²) < 4.78 is 0. The van der Waals surface area contributed by atoms with Crippen molar-refractivity contribution in [2.75, 3.05) is 25.0 Å². The number of likely N-dealkylation sites (N-methyl/N-ethyl adjacent to an activating group) is 1. The van der Waals surface area contributed by atoms with Gasteiger partial charge in [0.05, 0.1) is 11.5 Å². The second-order valence-corrected chi connectivity index (χ2v) is 3.87. The van der Waals surface area contributed by atoms with E-state index < -0.39 is 16.7 Å². The summed E-state index contributed by atoms with van der Waals surface area (Å²) in [4.78, 5) is 34.7. The van der Waals surface area contributed by atoms with Crippen LogP contribution in [0.2, 0.25) is 0 Å². The predicted octanol–water partition coefficient (Wildman–Crippen LogP) is 0.374. The predicted molar refractivity (Wildman–Crippen MR) is 71.1 cm³/mol. The lowest BCUT2D eigenvalue weighted by molar-refractivity contribution is -0.384. The highest BCUT2D eigenvalue weighted by molar-refractivity contribution is 6.39. The minimum atomic E-state index is -0.902. The molecule has 8 heteroatoms. The largest absolute Gasteiger partial charge is 0.395 e. The molecule has 0 saturated carbocycles. The molecule has 20 heavy (non-hydrogen) atoms. The van der Waals surface area contributed by atoms with Crippen LogP contribution in [-0.4, -0.2) is 46.4 Å². The zero-order chi connectivity index (χ0) is 15.1. The number of nitro groups is 1. The van der Waals surface area contributed by atoms with Crippen LogP contribution in [-0.2, 0) is 9.59 Å². The quantitative estimate of drug-likeness (QED) is 0.460. The summed E-state index contributed by atoms with van der Waals surface area (Å²) in [7, 11) is 0. The minimum Gasteiger partial charge on any atom is -0.395 e. The number of nitro benzene ring substituents is 1. The van der Waals surface area contributed by atoms with Gasteiger partial charge in [-0.05, 0) is 13.0 Å². The van der Waals surface area contributed by atoms with Crippen molar-refractivity contribution in [2.45, 2.75) is 6.92 Å². The van der Waals surface area contributed by atoms with E-state index in [0.29, 0.717) is 0 Å². The van der Waals surface area contributed by atoms with Crippen molar-refractivity contribution in [3.8, 4) is 0 Å². The molecule has 1 aromatic rings. The molecule has 1 rings (SSSR count). The van der Waals surface area contributed by atoms with Crippen LogP contribution in [0.5, 0.6) is 0 Å². The van der Waals surface area contributed by atoms with Crippen LogP contribution in [0.4, 0.5) is 11.4 Å². The number of carbonyl (C=O) groups excluding carboxylic acids is 2. The number of nitrogens with zero attached hydrogens (tertiary/aromatic N) is 2. The van der Waals surface area contributed by atoms with Gasteiger partial charge in [0.25, 0.3) is 5.69 Å². The molecule has 0 aliphatic carbocycles. The maximum Gasteiger partial charge on any atom is 0.313 e. The monoisotopic (exact) mass is 281 g/mol. The van der Waals surface area contributed by atoms with Gasteiger partial charge in [-0.15, -0.1) is 0 Å². The molecule has 0 unspecified atom stereocenters. The number of benzene rings is 1. The van der Waals surface area contributed by atoms with E-state index in [9.17, 15) is 19.7 Å². The van der Waals surface area contributed by atoms with Gasteiger partial charge in [0.2, 0.25) is 0 Å². The molecular weight excluding hydrogens is 266 g/mol. The molecule has 0 bridgehead atoms. The molecule has 0 saturated heterocycles. The Morgan fingerprint density at radius 2 is 2.15 bits per heavy atom. The van der Waals surface area contributed by atoms with E-state index in [1.807, 2.05) is 0 Å². The molecule has 0 spiro atoms. The van der Waals surface area contributed by atoms with E-state index in [-0.39, 0.29) is 31.1 Å². The highest BCUT2D eigenvalue weighted by Crippen LogP contribution is 2.16. The Balaban J connectivity index is 2.77. The number of hydrogen-bond donors (Lipinski definition) is 2. The molecule has 0 heterocycles. The van der Waals surface area contributed by atoms with E-state index >= 15 is 0 Å². The number of carbonyl (C=O) groups is 2. The fourth-order valence-electron chi connectivity index (χ4n) is 1.55. The van der Waals surface area contributed by atoms with Gasteiger partial charge in [-0.2, -0.15) is 0 Å². The number of hydrogen-bond acceptors (Lipinski definition) is 5. The summed E-state index contributed by atoms with van der Waals surface area (Å²) in [5.41, 5.74) is -0.0180. The Kier molecular flexibility index (Phi) is 5.60. The SMILES string of the molecule is CCN(CCO)C(=O)C(=O)Nc1cccc([N+](=O)[O-])c1. The molecule has 0 aromatic heterocycles. The zero-order valence-electron chi connectivity index (χ0n) is 10.9. The third kappa shape index (κ3) is 4.02. The van der Waals surface area contributed by atoms with E-state index in [0.717, 1.165) is 6.07 Å². The average molecular weight is 281 g/mol. The highest BCUT2D eigenvalue weighted by Gasteiger charge is 2.20. The standard InChI is InChI=1S/C12H15N3O5/c1-2-14(6-7-16)12(18)11(17)13-9-4-3-5-10(8-9)15(19)20/h3-5,8,16H,2,6-7H2,1H3,(H,13,17). The molecule has 0 fully saturated rings. The number of non-ortho nitro benzene ring substituents is 1. The van der Waals surface area contributed by atoms with Crippen LogP contribution in [0.3, 0.4) is 0 Å². The number of nitrogens with one attached hydrogen (secondary N) is 1. The lowest BCUT2D eigenvalue weighted by atomic mass is 10.3. The van der Waals surface area contributed by atoms with Crippen LogP contribution in [0.15, 0.2) is 24.3 Å². The van der Waals surface area contributed by atoms with Crippen LogP contribution in [0, 0.1) is 10.1 Å². The first-order valence-electron chi connectivity index (χ1n) is 5.95. The van der Waals surface area contributed by atoms with Crippen molar-refractivity contribution in [1.82, 2.24) is 4.90 Å². The number of anilines is 1. The topological polar surface area (TPSA) is 113 Å². The highest BCUT2D eigenvalue weighted by atomic mass is 16.6. The Morgan fingerprint density at radius 1 is 1.45 bits per heavy atom. The second-order valence-electron chi connectivity index (χ2n) is 3.87. The fraction of sp³-hybridized carbons (Fsp3) is 0.333. The summed E-state index contributed by atoms with van der Waals surface area (Å²) in [5.74, 6) is -1.70. The zero-order valence-corrected chi connectivity index (χ0v) is 10.9. The van der Waals surface area contributed by atoms with Gasteiger partial charge in [-0.1, -0.05) is 6.07 Å². The molecular formula is C12H15N3O5. The third-order valence-corrected chi connectivity index (χ3v) is 2.55. The van der Waals surface area contributed by atoms with Crippen molar-refractivity contribution in [3.63, 3.8) is 0 Å². The Bertz CT molecular complexity index is 518. The maximum absolute atomic E-state index is 11.8. The van der Waals surface area contributed by atoms with Gasteiger partial charge >= 0.3 is 11.8 Å². The van der Waals surface area contributed by atoms with Crippen molar-refractivity contribution >= 4 is 23.2 Å². The third-order valence-electron chi connectivity index (χ3n) is 2.55. The van der Waals surface area contributed by atoms with Crippen LogP contribution in [0.1, 0.15) is 6.92 Å². The second kappa shape index (κ2) is 7.19. The van der Waals surface area contributed by atoms with Gasteiger partial charge in [0, 0.05) is 30.9 Å². The summed E-state index contributed by atoms with van der Waals surface area (Å²) in [6.45, 7) is 1.76. The summed E-state index contributed by atoms with van der Waals surface area (Å²) in [5, 5.41) is 21.7. The van der Waals surface area contributed by atoms with E-state index in [1.165, 1.54) is 23.1 Å². The Morgan fingerprint density at radius 3 is 2.70 bits per heavy atom. The lowest BCUT2D eigenvalue weighted by Crippen LogP contribution is -2.41. The van der Waals surface area contributed by atoms with Crippen LogP contribution in [0.25, 0.3) is 0 Å². The molecule has 0 atom stereocenters. The normalized spacial score (nSPS) is 9.90. The van der Waals surface area contributed by atoms with Crippen molar-refractivity contribution in [3.05, 3.63) is 34.4 Å². The van der Waals surface area contributed by atoms with E-state index in [1.54, 1.807) is 6.92 Å². The van der Waals surface area contributed by atoms with Crippen molar-refractivity contribution in [1.29, 1.82) is 0 Å². The Labute approximate surface area is 115 Å². The first-order chi connectivity index (χ1) is 9.49. The summed E-state index contributed by atoms with van der Waals surface area (Å²) >= 11 is 0. The van der Waals surface area contributed by atoms with E-state index in [2.05, 4.69) is 5.32 Å². The van der Waals surface area contributed by atoms with Gasteiger partial charge in [-0.25, -0.2) is 0 Å². The molecule has 1 aromatic carbocycles. The van der Waals surface area contributed by atoms with Crippen LogP contribution < -0.4 is 5.32 Å². The molecule has 108 valence electrons. The average Bonchev–Trinajstić information content (AvgIpc) is 2.44. The van der Waals surface area contributed by atoms with Gasteiger partial charge in [0.1, 0.15) is 0 Å². The number of aliphatic hydroxyl groups excluding tert-OH is 1.